The number of hydrogen-bond donors (Lipinski definition) is 1. The Labute approximate surface area is 216 Å². The lowest BCUT2D eigenvalue weighted by molar-refractivity contribution is 0.104. The second-order valence-electron chi connectivity index (χ2n) is 8.40. The van der Waals surface area contributed by atoms with Crippen LogP contribution in [-0.2, 0) is 26.3 Å². The maximum atomic E-state index is 15.2. The first kappa shape index (κ1) is 27.5. The monoisotopic (exact) mass is 568 g/mol. The Morgan fingerprint density at radius 1 is 1.03 bits per heavy atom. The van der Waals surface area contributed by atoms with Crippen LogP contribution in [0.25, 0.3) is 16.7 Å². The van der Waals surface area contributed by atoms with Crippen LogP contribution in [0.3, 0.4) is 0 Å². The van der Waals surface area contributed by atoms with Gasteiger partial charge in [0.1, 0.15) is 5.82 Å². The number of anilines is 1. The topological polar surface area (TPSA) is 110 Å². The second-order valence-corrected chi connectivity index (χ2v) is 12.2. The molecular formula is C25H20F4N2O5S2. The van der Waals surface area contributed by atoms with E-state index in [4.69, 9.17) is 0 Å². The number of hydrogen-bond acceptors (Lipinski definition) is 6. The minimum absolute atomic E-state index is 0.0578. The molecule has 38 heavy (non-hydrogen) atoms. The van der Waals surface area contributed by atoms with Crippen molar-refractivity contribution < 1.29 is 39.2 Å². The summed E-state index contributed by atoms with van der Waals surface area (Å²) in [6.45, 7) is 1.61. The number of nitrogens with zero attached hydrogens (tertiary/aromatic N) is 1. The van der Waals surface area contributed by atoms with Crippen molar-refractivity contribution in [2.24, 2.45) is 0 Å². The van der Waals surface area contributed by atoms with Crippen LogP contribution in [0.2, 0.25) is 0 Å². The number of allylic oxidation sites excluding steroid dienone is 2. The maximum absolute atomic E-state index is 15.2. The van der Waals surface area contributed by atoms with E-state index in [9.17, 15) is 34.8 Å². The van der Waals surface area contributed by atoms with E-state index in [2.05, 4.69) is 4.98 Å². The number of carbonyl (C=O) groups is 1. The predicted octanol–water partition coefficient (Wildman–Crippen LogP) is 5.00. The highest BCUT2D eigenvalue weighted by Crippen LogP contribution is 2.35. The molecule has 1 N–H and O–H groups in total. The largest absolute Gasteiger partial charge is 0.341 e. The van der Waals surface area contributed by atoms with Crippen LogP contribution in [0, 0.1) is 11.6 Å². The number of sulfonamides is 1. The fourth-order valence-corrected chi connectivity index (χ4v) is 5.83. The van der Waals surface area contributed by atoms with Gasteiger partial charge in [0, 0.05) is 29.3 Å². The van der Waals surface area contributed by atoms with Gasteiger partial charge in [0.2, 0.25) is 19.9 Å². The molecular weight excluding hydrogens is 548 g/mol. The molecule has 200 valence electrons. The normalized spacial score (nSPS) is 13.4. The van der Waals surface area contributed by atoms with Crippen LogP contribution in [0.5, 0.6) is 0 Å². The molecule has 0 aliphatic heterocycles. The summed E-state index contributed by atoms with van der Waals surface area (Å²) in [5.41, 5.74) is -0.0513. The molecule has 13 heteroatoms. The molecule has 0 atom stereocenters. The summed E-state index contributed by atoms with van der Waals surface area (Å²) in [7, 11) is -8.69. The molecule has 0 saturated carbocycles. The Morgan fingerprint density at radius 2 is 1.71 bits per heavy atom. The summed E-state index contributed by atoms with van der Waals surface area (Å²) in [4.78, 5) is 17.0. The fourth-order valence-electron chi connectivity index (χ4n) is 3.97. The van der Waals surface area contributed by atoms with Crippen molar-refractivity contribution in [2.45, 2.75) is 30.4 Å². The van der Waals surface area contributed by atoms with E-state index < -0.39 is 59.2 Å². The number of aromatic nitrogens is 1. The SMILES string of the molecule is CCCS(=O)(=O)Nc1ccc(F)c(C(=O)C2=CCc3ncc(-c4ccc(S(=O)(=O)C(F)F)cc4)cc32)c1F. The van der Waals surface area contributed by atoms with Gasteiger partial charge in [-0.2, -0.15) is 8.78 Å². The van der Waals surface area contributed by atoms with E-state index in [1.165, 1.54) is 30.5 Å². The Balaban J connectivity index is 1.68. The summed E-state index contributed by atoms with van der Waals surface area (Å²) in [5, 5.41) is 0. The third-order valence-corrected chi connectivity index (χ3v) is 8.69. The molecule has 0 spiro atoms. The highest BCUT2D eigenvalue weighted by molar-refractivity contribution is 7.92. The summed E-state index contributed by atoms with van der Waals surface area (Å²) in [5.74, 6) is -7.43. The summed E-state index contributed by atoms with van der Waals surface area (Å²) in [6, 6.07) is 7.82. The van der Waals surface area contributed by atoms with Gasteiger partial charge in [0.25, 0.3) is 0 Å². The molecule has 1 aliphatic rings. The number of fused-ring (bicyclic) bond motifs is 1. The highest BCUT2D eigenvalue weighted by atomic mass is 32.2. The zero-order valence-corrected chi connectivity index (χ0v) is 21.3. The van der Waals surface area contributed by atoms with E-state index in [1.807, 2.05) is 4.72 Å². The van der Waals surface area contributed by atoms with Gasteiger partial charge in [-0.25, -0.2) is 25.6 Å². The number of rotatable bonds is 9. The minimum Gasteiger partial charge on any atom is -0.288 e. The first-order valence-electron chi connectivity index (χ1n) is 11.2. The molecule has 0 unspecified atom stereocenters. The third-order valence-electron chi connectivity index (χ3n) is 5.81. The van der Waals surface area contributed by atoms with Crippen molar-refractivity contribution in [3.63, 3.8) is 0 Å². The predicted molar refractivity (Wildman–Crippen MR) is 133 cm³/mol. The van der Waals surface area contributed by atoms with E-state index in [1.54, 1.807) is 6.92 Å². The van der Waals surface area contributed by atoms with Crippen molar-refractivity contribution in [3.05, 3.63) is 83.2 Å². The van der Waals surface area contributed by atoms with Crippen LogP contribution < -0.4 is 4.72 Å². The van der Waals surface area contributed by atoms with E-state index in [0.29, 0.717) is 16.8 Å². The zero-order chi connectivity index (χ0) is 27.8. The Hall–Kier alpha value is -3.58. The minimum atomic E-state index is -4.78. The molecule has 0 saturated heterocycles. The van der Waals surface area contributed by atoms with Gasteiger partial charge < -0.3 is 0 Å². The van der Waals surface area contributed by atoms with Gasteiger partial charge in [-0.15, -0.1) is 0 Å². The fraction of sp³-hybridized carbons (Fsp3) is 0.200. The Morgan fingerprint density at radius 3 is 2.34 bits per heavy atom. The number of benzene rings is 2. The lowest BCUT2D eigenvalue weighted by atomic mass is 9.96. The van der Waals surface area contributed by atoms with E-state index >= 15 is 4.39 Å². The maximum Gasteiger partial charge on any atom is 0.341 e. The summed E-state index contributed by atoms with van der Waals surface area (Å²) in [6.07, 6.45) is 3.32. The Kier molecular flexibility index (Phi) is 7.44. The first-order valence-corrected chi connectivity index (χ1v) is 14.4. The molecule has 1 heterocycles. The number of nitrogens with one attached hydrogen (secondary N) is 1. The second kappa shape index (κ2) is 10.3. The summed E-state index contributed by atoms with van der Waals surface area (Å²) >= 11 is 0. The Bertz CT molecular complexity index is 1670. The lowest BCUT2D eigenvalue weighted by Crippen LogP contribution is -2.18. The number of ketones is 1. The number of pyridine rings is 1. The molecule has 0 radical (unpaired) electrons. The average Bonchev–Trinajstić information content (AvgIpc) is 3.29. The molecule has 0 amide bonds. The molecule has 7 nitrogen and oxygen atoms in total. The molecule has 0 fully saturated rings. The quantitative estimate of drug-likeness (QED) is 0.288. The van der Waals surface area contributed by atoms with Crippen LogP contribution in [0.15, 0.2) is 59.6 Å². The number of Topliss-reactive ketones (excluding diaryl/α,β-unsaturated/α-hetero) is 1. The van der Waals surface area contributed by atoms with Crippen molar-refractivity contribution in [3.8, 4) is 11.1 Å². The first-order chi connectivity index (χ1) is 17.9. The van der Waals surface area contributed by atoms with Crippen LogP contribution in [0.4, 0.5) is 23.2 Å². The van der Waals surface area contributed by atoms with E-state index in [0.717, 1.165) is 24.3 Å². The van der Waals surface area contributed by atoms with E-state index in [-0.39, 0.29) is 29.7 Å². The molecule has 4 rings (SSSR count). The van der Waals surface area contributed by atoms with Gasteiger partial charge in [-0.3, -0.25) is 14.5 Å². The average molecular weight is 569 g/mol. The number of halogens is 4. The standard InChI is InChI=1S/C25H20F4N2O5S2/c1-2-11-37(33,34)31-21-10-8-19(26)22(23(21)27)24(32)17-7-9-20-18(17)12-15(13-30-20)14-3-5-16(6-4-14)38(35,36)25(28)29/h3-8,10,12-13,25,31H,2,9,11H2,1H3. The van der Waals surface area contributed by atoms with Crippen molar-refractivity contribution in [1.29, 1.82) is 0 Å². The lowest BCUT2D eigenvalue weighted by Gasteiger charge is -2.13. The van der Waals surface area contributed by atoms with Crippen LogP contribution in [0.1, 0.15) is 35.0 Å². The van der Waals surface area contributed by atoms with Gasteiger partial charge in [-0.05, 0) is 42.3 Å². The highest BCUT2D eigenvalue weighted by Gasteiger charge is 2.30. The molecule has 2 aromatic carbocycles. The van der Waals surface area contributed by atoms with Crippen molar-refractivity contribution in [1.82, 2.24) is 4.98 Å². The zero-order valence-electron chi connectivity index (χ0n) is 19.7. The number of alkyl halides is 2. The van der Waals surface area contributed by atoms with Gasteiger partial charge >= 0.3 is 5.76 Å². The van der Waals surface area contributed by atoms with Crippen LogP contribution in [-0.4, -0.2) is 39.1 Å². The molecule has 1 aromatic heterocycles. The third kappa shape index (κ3) is 5.20. The number of sulfone groups is 1. The van der Waals surface area contributed by atoms with Crippen molar-refractivity contribution >= 4 is 36.9 Å². The molecule has 3 aromatic rings. The van der Waals surface area contributed by atoms with Crippen LogP contribution >= 0.6 is 0 Å². The van der Waals surface area contributed by atoms with Gasteiger partial charge in [0.15, 0.2) is 11.6 Å². The van der Waals surface area contributed by atoms with Crippen molar-refractivity contribution in [2.75, 3.05) is 10.5 Å². The molecule has 0 bridgehead atoms. The van der Waals surface area contributed by atoms with Gasteiger partial charge in [0.05, 0.1) is 27.6 Å². The molecule has 1 aliphatic carbocycles. The summed E-state index contributed by atoms with van der Waals surface area (Å²) < 4.78 is 105. The van der Waals surface area contributed by atoms with Gasteiger partial charge in [-0.1, -0.05) is 25.1 Å². The number of carbonyl (C=O) groups excluding carboxylic acids is 1. The smallest absolute Gasteiger partial charge is 0.288 e.